The summed E-state index contributed by atoms with van der Waals surface area (Å²) < 4.78 is 13.7. The maximum Gasteiger partial charge on any atom is 0.311 e. The minimum atomic E-state index is -2.08. The second kappa shape index (κ2) is 24.0. The number of nitrogens with zero attached hydrogens (tertiary/aromatic N) is 1. The number of hydrogen-bond acceptors (Lipinski definition) is 3. The van der Waals surface area contributed by atoms with Gasteiger partial charge in [0.2, 0.25) is 0 Å². The third-order valence-electron chi connectivity index (χ3n) is 8.09. The Bertz CT molecular complexity index is 523. The molecule has 3 nitrogen and oxygen atoms in total. The van der Waals surface area contributed by atoms with E-state index in [0.717, 1.165) is 0 Å². The molecular weight excluding hydrogens is 527 g/mol. The molecule has 39 heavy (non-hydrogen) atoms. The molecule has 0 aliphatic rings. The molecule has 0 atom stereocenters. The Morgan fingerprint density at radius 2 is 0.692 bits per heavy atom. The van der Waals surface area contributed by atoms with Gasteiger partial charge in [-0.05, 0) is 90.3 Å². The van der Waals surface area contributed by atoms with Crippen LogP contribution in [0.1, 0.15) is 143 Å². The summed E-state index contributed by atoms with van der Waals surface area (Å²) in [5.41, 5.74) is 0. The molecule has 236 valence electrons. The maximum absolute atomic E-state index is 6.90. The van der Waals surface area contributed by atoms with Crippen molar-refractivity contribution < 1.29 is 8.23 Å². The first-order valence-corrected chi connectivity index (χ1v) is 26.6. The molecule has 0 aliphatic heterocycles. The van der Waals surface area contributed by atoms with Gasteiger partial charge < -0.3 is 13.1 Å². The van der Waals surface area contributed by atoms with Gasteiger partial charge in [0.25, 0.3) is 0 Å². The van der Waals surface area contributed by atoms with Crippen LogP contribution in [0.2, 0.25) is 51.4 Å². The average molecular weight is 602 g/mol. The summed E-state index contributed by atoms with van der Waals surface area (Å²) in [6, 6.07) is 2.52. The molecule has 0 rings (SSSR count). The Kier molecular flexibility index (Phi) is 24.4. The van der Waals surface area contributed by atoms with Crippen LogP contribution < -0.4 is 0 Å². The van der Waals surface area contributed by atoms with E-state index in [1.807, 2.05) is 0 Å². The zero-order valence-electron chi connectivity index (χ0n) is 28.7. The summed E-state index contributed by atoms with van der Waals surface area (Å²) in [7, 11) is -5.42. The molecule has 0 saturated heterocycles. The molecule has 0 heterocycles. The standard InChI is InChI=1S/C33H75NO2Si3/c1-10-13-16-18-20-22-24-26-29-34(30-27-25-23-21-19-17-14-11-2)31-28-33-38(6,7)36-39(8,9)35-37(4,5)32-15-12-3/h10-33H2,1-9H3. The van der Waals surface area contributed by atoms with Crippen LogP contribution in [0.15, 0.2) is 0 Å². The molecule has 6 heteroatoms. The quantitative estimate of drug-likeness (QED) is 0.0628. The van der Waals surface area contributed by atoms with Crippen molar-refractivity contribution in [3.8, 4) is 0 Å². The van der Waals surface area contributed by atoms with Crippen molar-refractivity contribution >= 4 is 25.2 Å². The van der Waals surface area contributed by atoms with Crippen molar-refractivity contribution in [3.05, 3.63) is 0 Å². The van der Waals surface area contributed by atoms with Gasteiger partial charge in [-0.3, -0.25) is 0 Å². The zero-order valence-corrected chi connectivity index (χ0v) is 31.7. The van der Waals surface area contributed by atoms with Crippen LogP contribution in [0.25, 0.3) is 0 Å². The van der Waals surface area contributed by atoms with Gasteiger partial charge in [-0.15, -0.1) is 0 Å². The fraction of sp³-hybridized carbons (Fsp3) is 1.00. The van der Waals surface area contributed by atoms with Crippen LogP contribution in [0.3, 0.4) is 0 Å². The monoisotopic (exact) mass is 602 g/mol. The van der Waals surface area contributed by atoms with E-state index in [1.54, 1.807) is 0 Å². The smallest absolute Gasteiger partial charge is 0.311 e. The first-order valence-electron chi connectivity index (χ1n) is 17.6. The number of unbranched alkanes of at least 4 members (excludes halogenated alkanes) is 15. The van der Waals surface area contributed by atoms with E-state index in [0.29, 0.717) is 0 Å². The lowest BCUT2D eigenvalue weighted by molar-refractivity contribution is 0.259. The van der Waals surface area contributed by atoms with Crippen LogP contribution in [-0.2, 0) is 8.23 Å². The first-order chi connectivity index (χ1) is 18.5. The van der Waals surface area contributed by atoms with Gasteiger partial charge in [-0.25, -0.2) is 0 Å². The summed E-state index contributed by atoms with van der Waals surface area (Å²) in [6.45, 7) is 25.0. The molecule has 0 saturated carbocycles. The lowest BCUT2D eigenvalue weighted by atomic mass is 10.1. The Labute approximate surface area is 251 Å². The largest absolute Gasteiger partial charge is 0.437 e. The molecule has 0 bridgehead atoms. The normalized spacial score (nSPS) is 13.1. The highest BCUT2D eigenvalue weighted by Crippen LogP contribution is 2.26. The van der Waals surface area contributed by atoms with Crippen LogP contribution >= 0.6 is 0 Å². The molecule has 0 aromatic heterocycles. The summed E-state index contributed by atoms with van der Waals surface area (Å²) in [5.74, 6) is 0. The SMILES string of the molecule is CCCCCCCCCCN(CCCCCCCCCC)CCC[Si](C)(C)O[Si](C)(C)O[Si](C)(C)CCCC. The molecule has 0 spiro atoms. The summed E-state index contributed by atoms with van der Waals surface area (Å²) >= 11 is 0. The number of hydrogen-bond donors (Lipinski definition) is 0. The molecular formula is C33H75NO2Si3. The van der Waals surface area contributed by atoms with Crippen molar-refractivity contribution in [2.24, 2.45) is 0 Å². The number of rotatable bonds is 29. The highest BCUT2D eigenvalue weighted by atomic mass is 28.5. The second-order valence-corrected chi connectivity index (χ2v) is 26.6. The van der Waals surface area contributed by atoms with E-state index < -0.39 is 25.2 Å². The lowest BCUT2D eigenvalue weighted by Crippen LogP contribution is -2.52. The predicted molar refractivity (Wildman–Crippen MR) is 185 cm³/mol. The highest BCUT2D eigenvalue weighted by molar-refractivity contribution is 6.87. The van der Waals surface area contributed by atoms with E-state index in [1.165, 1.54) is 154 Å². The van der Waals surface area contributed by atoms with Gasteiger partial charge in [-0.1, -0.05) is 124 Å². The zero-order chi connectivity index (χ0) is 29.5. The van der Waals surface area contributed by atoms with E-state index >= 15 is 0 Å². The third-order valence-corrected chi connectivity index (χ3v) is 19.6. The van der Waals surface area contributed by atoms with Crippen molar-refractivity contribution in [2.75, 3.05) is 19.6 Å². The van der Waals surface area contributed by atoms with Gasteiger partial charge in [-0.2, -0.15) is 0 Å². The third kappa shape index (κ3) is 25.9. The molecule has 0 aliphatic carbocycles. The summed E-state index contributed by atoms with van der Waals surface area (Å²) in [4.78, 5) is 2.80. The summed E-state index contributed by atoms with van der Waals surface area (Å²) in [5, 5.41) is 0. The molecule has 0 unspecified atom stereocenters. The van der Waals surface area contributed by atoms with Gasteiger partial charge in [0.05, 0.1) is 0 Å². The molecule has 0 N–H and O–H groups in total. The fourth-order valence-corrected chi connectivity index (χ4v) is 20.3. The van der Waals surface area contributed by atoms with Crippen LogP contribution in [0.4, 0.5) is 0 Å². The van der Waals surface area contributed by atoms with Crippen molar-refractivity contribution in [3.63, 3.8) is 0 Å². The van der Waals surface area contributed by atoms with Gasteiger partial charge in [0, 0.05) is 0 Å². The topological polar surface area (TPSA) is 21.7 Å². The van der Waals surface area contributed by atoms with E-state index in [-0.39, 0.29) is 0 Å². The maximum atomic E-state index is 6.90. The highest BCUT2D eigenvalue weighted by Gasteiger charge is 2.39. The second-order valence-electron chi connectivity index (χ2n) is 14.1. The van der Waals surface area contributed by atoms with Crippen LogP contribution in [0, 0.1) is 0 Å². The first kappa shape index (κ1) is 39.5. The van der Waals surface area contributed by atoms with Crippen molar-refractivity contribution in [1.29, 1.82) is 0 Å². The Morgan fingerprint density at radius 3 is 1.08 bits per heavy atom. The summed E-state index contributed by atoms with van der Waals surface area (Å²) in [6.07, 6.45) is 26.5. The van der Waals surface area contributed by atoms with E-state index in [2.05, 4.69) is 65.0 Å². The van der Waals surface area contributed by atoms with Gasteiger partial charge >= 0.3 is 8.56 Å². The Balaban J connectivity index is 4.56. The molecule has 0 radical (unpaired) electrons. The van der Waals surface area contributed by atoms with Crippen LogP contribution in [0.5, 0.6) is 0 Å². The molecule has 0 amide bonds. The van der Waals surface area contributed by atoms with Gasteiger partial charge in [0.1, 0.15) is 0 Å². The molecule has 0 fully saturated rings. The minimum absolute atomic E-state index is 1.26. The van der Waals surface area contributed by atoms with Crippen molar-refractivity contribution in [2.45, 2.75) is 194 Å². The Morgan fingerprint density at radius 1 is 0.385 bits per heavy atom. The average Bonchev–Trinajstić information content (AvgIpc) is 2.84. The Hall–Kier alpha value is 0.531. The van der Waals surface area contributed by atoms with Crippen molar-refractivity contribution in [1.82, 2.24) is 4.90 Å². The fourth-order valence-electron chi connectivity index (χ4n) is 6.06. The van der Waals surface area contributed by atoms with E-state index in [9.17, 15) is 0 Å². The predicted octanol–water partition coefficient (Wildman–Crippen LogP) is 11.9. The lowest BCUT2D eigenvalue weighted by Gasteiger charge is -2.39. The van der Waals surface area contributed by atoms with Gasteiger partial charge in [0.15, 0.2) is 16.6 Å². The molecule has 0 aromatic rings. The molecule has 0 aromatic carbocycles. The minimum Gasteiger partial charge on any atom is -0.437 e. The van der Waals surface area contributed by atoms with Crippen LogP contribution in [-0.4, -0.2) is 49.7 Å². The van der Waals surface area contributed by atoms with E-state index in [4.69, 9.17) is 8.23 Å².